The molecule has 27 heavy (non-hydrogen) atoms. The van der Waals surface area contributed by atoms with E-state index in [9.17, 15) is 0 Å². The van der Waals surface area contributed by atoms with Crippen LogP contribution in [0, 0.1) is 0 Å². The van der Waals surface area contributed by atoms with Gasteiger partial charge in [-0.2, -0.15) is 0 Å². The number of H-pyrrole nitrogens is 1. The maximum absolute atomic E-state index is 6.11. The van der Waals surface area contributed by atoms with Crippen LogP contribution < -0.4 is 4.74 Å². The van der Waals surface area contributed by atoms with Crippen LogP contribution in [0.15, 0.2) is 84.6 Å². The maximum atomic E-state index is 6.11. The number of aromatic nitrogens is 3. The molecule has 0 unspecified atom stereocenters. The molecular weight excluding hydrogens is 354 g/mol. The molecule has 5 aromatic rings. The molecule has 0 spiro atoms. The van der Waals surface area contributed by atoms with Gasteiger partial charge in [0.2, 0.25) is 0 Å². The molecule has 0 bridgehead atoms. The Morgan fingerprint density at radius 1 is 0.889 bits per heavy atom. The van der Waals surface area contributed by atoms with Crippen molar-refractivity contribution in [2.75, 3.05) is 0 Å². The van der Waals surface area contributed by atoms with Gasteiger partial charge in [0.15, 0.2) is 0 Å². The largest absolute Gasteiger partial charge is 0.457 e. The average Bonchev–Trinajstić information content (AvgIpc) is 3.38. The predicted molar refractivity (Wildman–Crippen MR) is 109 cm³/mol. The zero-order valence-corrected chi connectivity index (χ0v) is 15.1. The van der Waals surface area contributed by atoms with E-state index in [1.54, 1.807) is 11.3 Å². The standard InChI is InChI=1S/C22H15N3OS/c1-2-6-16(7-3-1)26-20-9-5-4-8-17(20)15-12-18-19(22-23-10-11-27-22)14-25-21(18)24-13-15/h1-14H,(H,24,25). The number of rotatable bonds is 4. The van der Waals surface area contributed by atoms with Crippen molar-refractivity contribution < 1.29 is 4.74 Å². The summed E-state index contributed by atoms with van der Waals surface area (Å²) < 4.78 is 6.11. The smallest absolute Gasteiger partial charge is 0.137 e. The van der Waals surface area contributed by atoms with Crippen LogP contribution >= 0.6 is 11.3 Å². The molecule has 0 fully saturated rings. The van der Waals surface area contributed by atoms with Gasteiger partial charge >= 0.3 is 0 Å². The van der Waals surface area contributed by atoms with Gasteiger partial charge in [-0.3, -0.25) is 0 Å². The van der Waals surface area contributed by atoms with Crippen molar-refractivity contribution in [3.63, 3.8) is 0 Å². The second-order valence-electron chi connectivity index (χ2n) is 6.07. The van der Waals surface area contributed by atoms with Crippen molar-refractivity contribution in [1.82, 2.24) is 15.0 Å². The van der Waals surface area contributed by atoms with E-state index >= 15 is 0 Å². The van der Waals surface area contributed by atoms with E-state index in [0.29, 0.717) is 0 Å². The van der Waals surface area contributed by atoms with Crippen molar-refractivity contribution in [1.29, 1.82) is 0 Å². The lowest BCUT2D eigenvalue weighted by Crippen LogP contribution is -1.89. The molecule has 5 heteroatoms. The number of hydrogen-bond acceptors (Lipinski definition) is 4. The molecule has 0 radical (unpaired) electrons. The second-order valence-corrected chi connectivity index (χ2v) is 6.97. The summed E-state index contributed by atoms with van der Waals surface area (Å²) in [6, 6.07) is 20.0. The molecular formula is C22H15N3OS. The van der Waals surface area contributed by atoms with Gasteiger partial charge in [0.05, 0.1) is 0 Å². The number of nitrogens with one attached hydrogen (secondary N) is 1. The van der Waals surface area contributed by atoms with Crippen LogP contribution in [-0.4, -0.2) is 15.0 Å². The van der Waals surface area contributed by atoms with E-state index in [4.69, 9.17) is 4.74 Å². The second kappa shape index (κ2) is 6.70. The molecule has 0 aliphatic carbocycles. The third-order valence-electron chi connectivity index (χ3n) is 4.36. The fourth-order valence-corrected chi connectivity index (χ4v) is 3.76. The Morgan fingerprint density at radius 3 is 2.59 bits per heavy atom. The summed E-state index contributed by atoms with van der Waals surface area (Å²) in [5, 5.41) is 4.01. The summed E-state index contributed by atoms with van der Waals surface area (Å²) in [4.78, 5) is 12.3. The summed E-state index contributed by atoms with van der Waals surface area (Å²) >= 11 is 1.62. The highest BCUT2D eigenvalue weighted by molar-refractivity contribution is 7.13. The number of aromatic amines is 1. The SMILES string of the molecule is c1ccc(Oc2ccccc2-c2cnc3[nH]cc(-c4nccs4)c3c2)cc1. The minimum atomic E-state index is 0.802. The Bertz CT molecular complexity index is 1200. The molecule has 1 N–H and O–H groups in total. The first-order chi connectivity index (χ1) is 13.4. The van der Waals surface area contributed by atoms with Crippen LogP contribution in [0.3, 0.4) is 0 Å². The van der Waals surface area contributed by atoms with E-state index in [0.717, 1.165) is 44.2 Å². The molecule has 0 saturated heterocycles. The quantitative estimate of drug-likeness (QED) is 0.413. The van der Waals surface area contributed by atoms with Gasteiger partial charge in [0.25, 0.3) is 0 Å². The molecule has 0 atom stereocenters. The monoisotopic (exact) mass is 369 g/mol. The summed E-state index contributed by atoms with van der Waals surface area (Å²) in [6.07, 6.45) is 5.66. The number of fused-ring (bicyclic) bond motifs is 1. The molecule has 0 saturated carbocycles. The highest BCUT2D eigenvalue weighted by Crippen LogP contribution is 2.36. The van der Waals surface area contributed by atoms with Crippen LogP contribution in [-0.2, 0) is 0 Å². The summed E-state index contributed by atoms with van der Waals surface area (Å²) in [6.45, 7) is 0. The summed E-state index contributed by atoms with van der Waals surface area (Å²) in [7, 11) is 0. The number of benzene rings is 2. The van der Waals surface area contributed by atoms with E-state index in [-0.39, 0.29) is 0 Å². The number of nitrogens with zero attached hydrogens (tertiary/aromatic N) is 2. The lowest BCUT2D eigenvalue weighted by molar-refractivity contribution is 0.484. The topological polar surface area (TPSA) is 50.8 Å². The Labute approximate surface area is 160 Å². The molecule has 4 nitrogen and oxygen atoms in total. The van der Waals surface area contributed by atoms with Crippen molar-refractivity contribution in [2.45, 2.75) is 0 Å². The molecule has 0 amide bonds. The van der Waals surface area contributed by atoms with Crippen molar-refractivity contribution >= 4 is 22.4 Å². The number of ether oxygens (including phenoxy) is 1. The van der Waals surface area contributed by atoms with E-state index < -0.39 is 0 Å². The van der Waals surface area contributed by atoms with Crippen molar-refractivity contribution in [2.24, 2.45) is 0 Å². The number of hydrogen-bond donors (Lipinski definition) is 1. The predicted octanol–water partition coefficient (Wildman–Crippen LogP) is 6.15. The zero-order valence-electron chi connectivity index (χ0n) is 14.3. The Hall–Kier alpha value is -3.44. The van der Waals surface area contributed by atoms with Gasteiger partial charge in [-0.25, -0.2) is 9.97 Å². The first-order valence-corrected chi connectivity index (χ1v) is 9.46. The Kier molecular flexibility index (Phi) is 3.92. The first kappa shape index (κ1) is 15.8. The van der Waals surface area contributed by atoms with Gasteiger partial charge in [-0.1, -0.05) is 36.4 Å². The van der Waals surface area contributed by atoms with Gasteiger partial charge in [0, 0.05) is 46.0 Å². The lowest BCUT2D eigenvalue weighted by Gasteiger charge is -2.11. The third kappa shape index (κ3) is 2.98. The first-order valence-electron chi connectivity index (χ1n) is 8.58. The van der Waals surface area contributed by atoms with Crippen LogP contribution in [0.25, 0.3) is 32.7 Å². The summed E-state index contributed by atoms with van der Waals surface area (Å²) in [5.41, 5.74) is 3.93. The fourth-order valence-electron chi connectivity index (χ4n) is 3.09. The fraction of sp³-hybridized carbons (Fsp3) is 0. The average molecular weight is 369 g/mol. The molecule has 0 aliphatic rings. The highest BCUT2D eigenvalue weighted by Gasteiger charge is 2.13. The Balaban J connectivity index is 1.61. The minimum absolute atomic E-state index is 0.802. The third-order valence-corrected chi connectivity index (χ3v) is 5.17. The maximum Gasteiger partial charge on any atom is 0.137 e. The van der Waals surface area contributed by atoms with Crippen LogP contribution in [0.1, 0.15) is 0 Å². The van der Waals surface area contributed by atoms with E-state index in [2.05, 4.69) is 27.1 Å². The minimum Gasteiger partial charge on any atom is -0.457 e. The molecule has 130 valence electrons. The van der Waals surface area contributed by atoms with Crippen LogP contribution in [0.2, 0.25) is 0 Å². The normalized spacial score (nSPS) is 11.0. The summed E-state index contributed by atoms with van der Waals surface area (Å²) in [5.74, 6) is 1.61. The van der Waals surface area contributed by atoms with Gasteiger partial charge in [-0.15, -0.1) is 11.3 Å². The number of para-hydroxylation sites is 2. The lowest BCUT2D eigenvalue weighted by atomic mass is 10.0. The van der Waals surface area contributed by atoms with E-state index in [1.807, 2.05) is 72.5 Å². The van der Waals surface area contributed by atoms with Gasteiger partial charge < -0.3 is 9.72 Å². The number of thiazole rings is 1. The molecule has 5 rings (SSSR count). The molecule has 3 aromatic heterocycles. The zero-order chi connectivity index (χ0) is 18.1. The van der Waals surface area contributed by atoms with Crippen molar-refractivity contribution in [3.05, 3.63) is 84.6 Å². The highest BCUT2D eigenvalue weighted by atomic mass is 32.1. The Morgan fingerprint density at radius 2 is 1.74 bits per heavy atom. The van der Waals surface area contributed by atoms with Crippen LogP contribution in [0.4, 0.5) is 0 Å². The molecule has 3 heterocycles. The number of pyridine rings is 1. The van der Waals surface area contributed by atoms with E-state index in [1.165, 1.54) is 0 Å². The van der Waals surface area contributed by atoms with Gasteiger partial charge in [0.1, 0.15) is 22.2 Å². The molecule has 0 aliphatic heterocycles. The van der Waals surface area contributed by atoms with Gasteiger partial charge in [-0.05, 0) is 24.3 Å². The van der Waals surface area contributed by atoms with Crippen molar-refractivity contribution in [3.8, 4) is 33.2 Å². The van der Waals surface area contributed by atoms with Crippen LogP contribution in [0.5, 0.6) is 11.5 Å². The molecule has 2 aromatic carbocycles.